The highest BCUT2D eigenvalue weighted by molar-refractivity contribution is 6.61. The van der Waals surface area contributed by atoms with E-state index in [9.17, 15) is 4.79 Å². The second-order valence-electron chi connectivity index (χ2n) is 7.93. The van der Waals surface area contributed by atoms with Gasteiger partial charge in [0.25, 0.3) is 0 Å². The Kier molecular flexibility index (Phi) is 4.67. The molecule has 0 unspecified atom stereocenters. The summed E-state index contributed by atoms with van der Waals surface area (Å²) >= 11 is 0. The summed E-state index contributed by atoms with van der Waals surface area (Å²) in [7, 11) is 1.01. The van der Waals surface area contributed by atoms with Gasteiger partial charge in [0.1, 0.15) is 5.60 Å². The molecule has 1 saturated heterocycles. The summed E-state index contributed by atoms with van der Waals surface area (Å²) < 4.78 is 17.2. The molecular formula is C16H26BN3O4. The lowest BCUT2D eigenvalue weighted by Gasteiger charge is -2.32. The first-order valence-electron chi connectivity index (χ1n) is 7.97. The van der Waals surface area contributed by atoms with E-state index in [0.29, 0.717) is 11.4 Å². The molecule has 132 valence electrons. The molecule has 1 aromatic heterocycles. The lowest BCUT2D eigenvalue weighted by atomic mass is 9.85. The minimum Gasteiger partial charge on any atom is -0.443 e. The fourth-order valence-corrected chi connectivity index (χ4v) is 2.01. The van der Waals surface area contributed by atoms with Crippen molar-refractivity contribution in [1.82, 2.24) is 9.97 Å². The molecule has 24 heavy (non-hydrogen) atoms. The molecule has 0 radical (unpaired) electrons. The summed E-state index contributed by atoms with van der Waals surface area (Å²) in [6.07, 6.45) is 2.57. The predicted octanol–water partition coefficient (Wildman–Crippen LogP) is 2.15. The molecule has 0 saturated carbocycles. The average Bonchev–Trinajstić information content (AvgIpc) is 2.65. The molecule has 0 N–H and O–H groups in total. The van der Waals surface area contributed by atoms with E-state index in [0.717, 1.165) is 0 Å². The van der Waals surface area contributed by atoms with Gasteiger partial charge in [0.2, 0.25) is 0 Å². The van der Waals surface area contributed by atoms with E-state index in [1.807, 2.05) is 48.5 Å². The number of anilines is 1. The zero-order valence-electron chi connectivity index (χ0n) is 15.7. The molecule has 0 atom stereocenters. The number of hydrogen-bond donors (Lipinski definition) is 0. The van der Waals surface area contributed by atoms with Crippen molar-refractivity contribution in [1.29, 1.82) is 0 Å². The Bertz CT molecular complexity index is 595. The normalized spacial score (nSPS) is 19.2. The van der Waals surface area contributed by atoms with Crippen LogP contribution in [0, 0.1) is 0 Å². The van der Waals surface area contributed by atoms with Crippen LogP contribution >= 0.6 is 0 Å². The van der Waals surface area contributed by atoms with E-state index in [1.165, 1.54) is 11.1 Å². The number of rotatable bonds is 2. The van der Waals surface area contributed by atoms with Gasteiger partial charge in [-0.1, -0.05) is 0 Å². The summed E-state index contributed by atoms with van der Waals surface area (Å²) in [6.45, 7) is 13.3. The fourth-order valence-electron chi connectivity index (χ4n) is 2.01. The second kappa shape index (κ2) is 6.00. The topological polar surface area (TPSA) is 73.8 Å². The summed E-state index contributed by atoms with van der Waals surface area (Å²) in [5, 5.41) is 0. The first kappa shape index (κ1) is 18.7. The van der Waals surface area contributed by atoms with Gasteiger partial charge in [-0.25, -0.2) is 9.78 Å². The maximum atomic E-state index is 12.1. The zero-order chi connectivity index (χ0) is 18.3. The van der Waals surface area contributed by atoms with Gasteiger partial charge in [0.15, 0.2) is 5.82 Å². The summed E-state index contributed by atoms with van der Waals surface area (Å²) in [5.41, 5.74) is -0.882. The molecule has 2 rings (SSSR count). The number of ether oxygens (including phenoxy) is 1. The monoisotopic (exact) mass is 335 g/mol. The highest BCUT2D eigenvalue weighted by atomic mass is 16.7. The second-order valence-corrected chi connectivity index (χ2v) is 7.93. The largest absolute Gasteiger partial charge is 0.516 e. The molecule has 0 bridgehead atoms. The van der Waals surface area contributed by atoms with E-state index in [4.69, 9.17) is 14.0 Å². The SMILES string of the molecule is CN(C(=O)OC(C)(C)C)c1cnc(B2OC(C)(C)C(C)(C)O2)cn1. The minimum atomic E-state index is -0.580. The molecule has 8 heteroatoms. The Labute approximate surface area is 143 Å². The molecule has 7 nitrogen and oxygen atoms in total. The van der Waals surface area contributed by atoms with Gasteiger partial charge in [-0.05, 0) is 48.5 Å². The maximum absolute atomic E-state index is 12.1. The number of nitrogens with zero attached hydrogens (tertiary/aromatic N) is 3. The quantitative estimate of drug-likeness (QED) is 0.771. The van der Waals surface area contributed by atoms with Gasteiger partial charge in [0.05, 0.1) is 23.0 Å². The molecular weight excluding hydrogens is 309 g/mol. The predicted molar refractivity (Wildman–Crippen MR) is 92.4 cm³/mol. The van der Waals surface area contributed by atoms with Crippen molar-refractivity contribution in [3.05, 3.63) is 12.4 Å². The van der Waals surface area contributed by atoms with Crippen molar-refractivity contribution in [2.24, 2.45) is 0 Å². The van der Waals surface area contributed by atoms with Gasteiger partial charge in [-0.3, -0.25) is 9.88 Å². The lowest BCUT2D eigenvalue weighted by Crippen LogP contribution is -2.41. The molecule has 1 fully saturated rings. The third-order valence-corrected chi connectivity index (χ3v) is 4.16. The van der Waals surface area contributed by atoms with E-state index in [2.05, 4.69) is 9.97 Å². The average molecular weight is 335 g/mol. The van der Waals surface area contributed by atoms with Crippen LogP contribution in [0.1, 0.15) is 48.5 Å². The molecule has 1 aliphatic heterocycles. The minimum absolute atomic E-state index is 0.393. The van der Waals surface area contributed by atoms with Gasteiger partial charge in [-0.15, -0.1) is 0 Å². The molecule has 0 aliphatic carbocycles. The number of carbonyl (C=O) groups is 1. The van der Waals surface area contributed by atoms with E-state index < -0.39 is 30.0 Å². The van der Waals surface area contributed by atoms with E-state index in [1.54, 1.807) is 13.2 Å². The Balaban J connectivity index is 2.10. The number of amides is 1. The van der Waals surface area contributed by atoms with Crippen molar-refractivity contribution >= 4 is 24.6 Å². The highest BCUT2D eigenvalue weighted by Gasteiger charge is 2.52. The van der Waals surface area contributed by atoms with Crippen molar-refractivity contribution in [2.45, 2.75) is 65.3 Å². The van der Waals surface area contributed by atoms with Crippen LogP contribution in [0.3, 0.4) is 0 Å². The first-order valence-corrected chi connectivity index (χ1v) is 7.97. The fraction of sp³-hybridized carbons (Fsp3) is 0.688. The van der Waals surface area contributed by atoms with Gasteiger partial charge < -0.3 is 14.0 Å². The Morgan fingerprint density at radius 1 is 1.12 bits per heavy atom. The standard InChI is InChI=1S/C16H26BN3O4/c1-14(2,3)22-13(21)20(8)12-10-18-11(9-19-12)17-23-15(4,5)16(6,7)24-17/h9-10H,1-8H3. The van der Waals surface area contributed by atoms with Crippen molar-refractivity contribution in [2.75, 3.05) is 11.9 Å². The number of hydrogen-bond acceptors (Lipinski definition) is 6. The van der Waals surface area contributed by atoms with Crippen LogP contribution in [0.15, 0.2) is 12.4 Å². The Morgan fingerprint density at radius 3 is 2.08 bits per heavy atom. The highest BCUT2D eigenvalue weighted by Crippen LogP contribution is 2.36. The van der Waals surface area contributed by atoms with Gasteiger partial charge >= 0.3 is 13.2 Å². The van der Waals surface area contributed by atoms with Crippen LogP contribution in [-0.4, -0.2) is 47.0 Å². The maximum Gasteiger partial charge on any atom is 0.516 e. The molecule has 2 heterocycles. The van der Waals surface area contributed by atoms with Gasteiger partial charge in [0, 0.05) is 13.2 Å². The lowest BCUT2D eigenvalue weighted by molar-refractivity contribution is 0.00578. The molecule has 1 aromatic rings. The smallest absolute Gasteiger partial charge is 0.443 e. The van der Waals surface area contributed by atoms with Crippen molar-refractivity contribution < 1.29 is 18.8 Å². The van der Waals surface area contributed by atoms with Crippen molar-refractivity contribution in [3.8, 4) is 0 Å². The van der Waals surface area contributed by atoms with Crippen LogP contribution in [0.4, 0.5) is 10.6 Å². The number of carbonyl (C=O) groups excluding carboxylic acids is 1. The van der Waals surface area contributed by atoms with Crippen molar-refractivity contribution in [3.63, 3.8) is 0 Å². The molecule has 1 amide bonds. The van der Waals surface area contributed by atoms with E-state index >= 15 is 0 Å². The first-order chi connectivity index (χ1) is 10.8. The third-order valence-electron chi connectivity index (χ3n) is 4.16. The number of aromatic nitrogens is 2. The summed E-state index contributed by atoms with van der Waals surface area (Å²) in [6, 6.07) is 0. The van der Waals surface area contributed by atoms with Crippen LogP contribution in [0.25, 0.3) is 0 Å². The molecule has 0 spiro atoms. The summed E-state index contributed by atoms with van der Waals surface area (Å²) in [4.78, 5) is 22.0. The van der Waals surface area contributed by atoms with Crippen LogP contribution in [0.2, 0.25) is 0 Å². The van der Waals surface area contributed by atoms with Crippen LogP contribution in [-0.2, 0) is 14.0 Å². The third kappa shape index (κ3) is 3.87. The summed E-state index contributed by atoms with van der Waals surface area (Å²) in [5.74, 6) is 0.393. The Morgan fingerprint density at radius 2 is 1.67 bits per heavy atom. The van der Waals surface area contributed by atoms with Crippen LogP contribution < -0.4 is 10.5 Å². The zero-order valence-corrected chi connectivity index (χ0v) is 15.7. The van der Waals surface area contributed by atoms with Crippen LogP contribution in [0.5, 0.6) is 0 Å². The molecule has 1 aliphatic rings. The van der Waals surface area contributed by atoms with E-state index in [-0.39, 0.29) is 0 Å². The Hall–Kier alpha value is -1.67. The molecule has 0 aromatic carbocycles. The van der Waals surface area contributed by atoms with Gasteiger partial charge in [-0.2, -0.15) is 0 Å².